The van der Waals surface area contributed by atoms with Crippen molar-refractivity contribution in [3.8, 4) is 0 Å². The molecule has 0 N–H and O–H groups in total. The number of carbonyl (C=O) groups excluding carboxylic acids is 2. The Morgan fingerprint density at radius 1 is 0.818 bits per heavy atom. The van der Waals surface area contributed by atoms with Crippen LogP contribution in [-0.4, -0.2) is 11.6 Å². The zero-order valence-corrected chi connectivity index (χ0v) is 12.7. The number of rotatable bonds is 3. The van der Waals surface area contributed by atoms with Crippen molar-refractivity contribution >= 4 is 11.6 Å². The van der Waals surface area contributed by atoms with Gasteiger partial charge in [0.1, 0.15) is 11.6 Å². The molecule has 0 spiro atoms. The van der Waals surface area contributed by atoms with Crippen molar-refractivity contribution < 1.29 is 9.59 Å². The molecule has 0 unspecified atom stereocenters. The van der Waals surface area contributed by atoms with Gasteiger partial charge in [0.25, 0.3) is 0 Å². The van der Waals surface area contributed by atoms with Crippen LogP contribution in [0.2, 0.25) is 0 Å². The van der Waals surface area contributed by atoms with Crippen LogP contribution in [0.15, 0.2) is 60.7 Å². The van der Waals surface area contributed by atoms with Gasteiger partial charge in [-0.1, -0.05) is 60.7 Å². The van der Waals surface area contributed by atoms with E-state index in [1.165, 1.54) is 0 Å². The van der Waals surface area contributed by atoms with Crippen LogP contribution < -0.4 is 0 Å². The molecule has 112 valence electrons. The Labute approximate surface area is 131 Å². The van der Waals surface area contributed by atoms with Gasteiger partial charge in [0.2, 0.25) is 0 Å². The first-order valence-electron chi connectivity index (χ1n) is 7.79. The largest absolute Gasteiger partial charge is 0.300 e. The van der Waals surface area contributed by atoms with Crippen LogP contribution in [0.4, 0.5) is 0 Å². The lowest BCUT2D eigenvalue weighted by atomic mass is 9.65. The summed E-state index contributed by atoms with van der Waals surface area (Å²) >= 11 is 0. The van der Waals surface area contributed by atoms with Crippen LogP contribution >= 0.6 is 0 Å². The average Bonchev–Trinajstić information content (AvgIpc) is 2.55. The minimum Gasteiger partial charge on any atom is -0.300 e. The van der Waals surface area contributed by atoms with Crippen LogP contribution in [-0.2, 0) is 9.59 Å². The van der Waals surface area contributed by atoms with E-state index >= 15 is 0 Å². The van der Waals surface area contributed by atoms with Gasteiger partial charge in [-0.2, -0.15) is 0 Å². The molecule has 0 aromatic heterocycles. The quantitative estimate of drug-likeness (QED) is 0.852. The summed E-state index contributed by atoms with van der Waals surface area (Å²) in [6, 6.07) is 19.9. The van der Waals surface area contributed by atoms with Crippen LogP contribution in [0.1, 0.15) is 42.7 Å². The van der Waals surface area contributed by atoms with E-state index in [1.807, 2.05) is 60.7 Å². The van der Waals surface area contributed by atoms with Crippen molar-refractivity contribution in [2.75, 3.05) is 0 Å². The van der Waals surface area contributed by atoms with E-state index < -0.39 is 0 Å². The lowest BCUT2D eigenvalue weighted by Crippen LogP contribution is -2.34. The van der Waals surface area contributed by atoms with Gasteiger partial charge < -0.3 is 0 Å². The number of benzene rings is 2. The van der Waals surface area contributed by atoms with Gasteiger partial charge in [0, 0.05) is 30.6 Å². The molecule has 0 radical (unpaired) electrons. The standard InChI is InChI=1S/C20H20O2/c1-14(21)20-18(15-8-4-2-5-9-15)12-17(22)13-19(20)16-10-6-3-7-11-16/h2-11,18-20H,12-13H2,1H3/t18-,19-/m1/s1. The molecule has 3 rings (SSSR count). The second kappa shape index (κ2) is 6.27. The molecule has 2 aromatic rings. The van der Waals surface area contributed by atoms with E-state index in [9.17, 15) is 9.59 Å². The Bertz CT molecular complexity index is 609. The van der Waals surface area contributed by atoms with Crippen molar-refractivity contribution in [3.63, 3.8) is 0 Å². The number of Topliss-reactive ketones (excluding diaryl/α,β-unsaturated/α-hetero) is 2. The van der Waals surface area contributed by atoms with Gasteiger partial charge in [-0.3, -0.25) is 9.59 Å². The molecule has 2 nitrogen and oxygen atoms in total. The highest BCUT2D eigenvalue weighted by molar-refractivity contribution is 5.88. The Hall–Kier alpha value is -2.22. The fourth-order valence-corrected chi connectivity index (χ4v) is 3.73. The zero-order chi connectivity index (χ0) is 15.5. The topological polar surface area (TPSA) is 34.1 Å². The molecule has 0 bridgehead atoms. The summed E-state index contributed by atoms with van der Waals surface area (Å²) < 4.78 is 0. The zero-order valence-electron chi connectivity index (χ0n) is 12.7. The lowest BCUT2D eigenvalue weighted by Gasteiger charge is -2.36. The molecular weight excluding hydrogens is 272 g/mol. The number of carbonyl (C=O) groups is 2. The number of ketones is 2. The Kier molecular flexibility index (Phi) is 4.19. The molecule has 2 atom stereocenters. The highest BCUT2D eigenvalue weighted by Gasteiger charge is 2.41. The van der Waals surface area contributed by atoms with Crippen molar-refractivity contribution in [2.24, 2.45) is 5.92 Å². The third kappa shape index (κ3) is 2.87. The monoisotopic (exact) mass is 292 g/mol. The van der Waals surface area contributed by atoms with Crippen molar-refractivity contribution in [2.45, 2.75) is 31.6 Å². The normalized spacial score (nSPS) is 22.5. The summed E-state index contributed by atoms with van der Waals surface area (Å²) in [7, 11) is 0. The Morgan fingerprint density at radius 3 is 1.59 bits per heavy atom. The smallest absolute Gasteiger partial charge is 0.134 e. The van der Waals surface area contributed by atoms with E-state index in [0.29, 0.717) is 12.8 Å². The second-order valence-electron chi connectivity index (χ2n) is 6.12. The summed E-state index contributed by atoms with van der Waals surface area (Å²) in [4.78, 5) is 24.6. The first kappa shape index (κ1) is 14.7. The molecule has 2 aromatic carbocycles. The third-order valence-electron chi connectivity index (χ3n) is 4.69. The van der Waals surface area contributed by atoms with E-state index in [1.54, 1.807) is 6.92 Å². The molecule has 22 heavy (non-hydrogen) atoms. The van der Waals surface area contributed by atoms with Gasteiger partial charge in [0.05, 0.1) is 0 Å². The molecule has 0 saturated heterocycles. The Balaban J connectivity index is 2.03. The maximum Gasteiger partial charge on any atom is 0.134 e. The van der Waals surface area contributed by atoms with Gasteiger partial charge in [0.15, 0.2) is 0 Å². The summed E-state index contributed by atoms with van der Waals surface area (Å²) in [5.41, 5.74) is 2.19. The first-order valence-corrected chi connectivity index (χ1v) is 7.79. The minimum absolute atomic E-state index is 0.00911. The number of hydrogen-bond donors (Lipinski definition) is 0. The predicted octanol–water partition coefficient (Wildman–Crippen LogP) is 4.12. The van der Waals surface area contributed by atoms with Crippen LogP contribution in [0.3, 0.4) is 0 Å². The molecule has 0 aliphatic heterocycles. The third-order valence-corrected chi connectivity index (χ3v) is 4.69. The molecule has 1 aliphatic rings. The molecular formula is C20H20O2. The SMILES string of the molecule is CC(=O)C1[C@@H](c2ccccc2)CC(=O)C[C@@H]1c1ccccc1. The lowest BCUT2D eigenvalue weighted by molar-refractivity contribution is -0.127. The first-order chi connectivity index (χ1) is 10.7. The summed E-state index contributed by atoms with van der Waals surface area (Å²) in [5.74, 6) is 0.285. The molecule has 1 saturated carbocycles. The van der Waals surface area contributed by atoms with Crippen molar-refractivity contribution in [1.82, 2.24) is 0 Å². The molecule has 2 heteroatoms. The van der Waals surface area contributed by atoms with E-state index in [0.717, 1.165) is 11.1 Å². The van der Waals surface area contributed by atoms with Crippen LogP contribution in [0.5, 0.6) is 0 Å². The summed E-state index contributed by atoms with van der Waals surface area (Å²) in [6.07, 6.45) is 0.940. The summed E-state index contributed by atoms with van der Waals surface area (Å²) in [5, 5.41) is 0. The highest BCUT2D eigenvalue weighted by atomic mass is 16.1. The molecule has 1 fully saturated rings. The summed E-state index contributed by atoms with van der Waals surface area (Å²) in [6.45, 7) is 1.66. The molecule has 0 amide bonds. The fourth-order valence-electron chi connectivity index (χ4n) is 3.73. The maximum absolute atomic E-state index is 12.4. The van der Waals surface area contributed by atoms with Crippen molar-refractivity contribution in [3.05, 3.63) is 71.8 Å². The molecule has 0 heterocycles. The van der Waals surface area contributed by atoms with Gasteiger partial charge in [-0.25, -0.2) is 0 Å². The fraction of sp³-hybridized carbons (Fsp3) is 0.300. The second-order valence-corrected chi connectivity index (χ2v) is 6.12. The number of hydrogen-bond acceptors (Lipinski definition) is 2. The van der Waals surface area contributed by atoms with E-state index in [4.69, 9.17) is 0 Å². The van der Waals surface area contributed by atoms with Gasteiger partial charge >= 0.3 is 0 Å². The minimum atomic E-state index is -0.123. The molecule has 1 aliphatic carbocycles. The predicted molar refractivity (Wildman–Crippen MR) is 86.8 cm³/mol. The highest BCUT2D eigenvalue weighted by Crippen LogP contribution is 2.45. The average molecular weight is 292 g/mol. The van der Waals surface area contributed by atoms with Crippen LogP contribution in [0, 0.1) is 5.92 Å². The van der Waals surface area contributed by atoms with E-state index in [2.05, 4.69) is 0 Å². The van der Waals surface area contributed by atoms with Crippen LogP contribution in [0.25, 0.3) is 0 Å². The Morgan fingerprint density at radius 2 is 1.23 bits per heavy atom. The van der Waals surface area contributed by atoms with Crippen molar-refractivity contribution in [1.29, 1.82) is 0 Å². The van der Waals surface area contributed by atoms with Gasteiger partial charge in [-0.05, 0) is 18.1 Å². The maximum atomic E-state index is 12.4. The van der Waals surface area contributed by atoms with Gasteiger partial charge in [-0.15, -0.1) is 0 Å². The van der Waals surface area contributed by atoms with E-state index in [-0.39, 0.29) is 29.3 Å².